The third kappa shape index (κ3) is 4.35. The molecule has 0 fully saturated rings. The van der Waals surface area contributed by atoms with Crippen LogP contribution >= 0.6 is 0 Å². The molecule has 0 amide bonds. The van der Waals surface area contributed by atoms with Crippen LogP contribution in [-0.2, 0) is 22.4 Å². The standard InChI is InChI=1S/C20H31NO2/c1-5-11-21(12-6-2)19-10-9-17-13-16(7-8-18(17)14-19)15(3)20(22)23-4/h7-8,13,15,19H,5-6,9-12,14H2,1-4H3. The van der Waals surface area contributed by atoms with Crippen LogP contribution in [0, 0.1) is 0 Å². The molecule has 0 radical (unpaired) electrons. The Kier molecular flexibility index (Phi) is 6.64. The lowest BCUT2D eigenvalue weighted by Gasteiger charge is -2.35. The molecule has 0 N–H and O–H groups in total. The maximum atomic E-state index is 11.7. The average molecular weight is 317 g/mol. The van der Waals surface area contributed by atoms with Crippen molar-refractivity contribution >= 4 is 5.97 Å². The van der Waals surface area contributed by atoms with Crippen LogP contribution in [0.2, 0.25) is 0 Å². The van der Waals surface area contributed by atoms with Crippen molar-refractivity contribution in [2.24, 2.45) is 0 Å². The number of hydrogen-bond acceptors (Lipinski definition) is 3. The summed E-state index contributed by atoms with van der Waals surface area (Å²) in [5.74, 6) is -0.338. The Morgan fingerprint density at radius 2 is 1.96 bits per heavy atom. The number of fused-ring (bicyclic) bond motifs is 1. The van der Waals surface area contributed by atoms with E-state index in [-0.39, 0.29) is 11.9 Å². The van der Waals surface area contributed by atoms with E-state index in [1.807, 2.05) is 6.92 Å². The van der Waals surface area contributed by atoms with E-state index < -0.39 is 0 Å². The second-order valence-electron chi connectivity index (χ2n) is 6.71. The fourth-order valence-electron chi connectivity index (χ4n) is 3.70. The van der Waals surface area contributed by atoms with E-state index in [0.29, 0.717) is 6.04 Å². The summed E-state index contributed by atoms with van der Waals surface area (Å²) >= 11 is 0. The monoisotopic (exact) mass is 317 g/mol. The molecule has 2 rings (SSSR count). The lowest BCUT2D eigenvalue weighted by atomic mass is 9.84. The Morgan fingerprint density at radius 3 is 2.57 bits per heavy atom. The molecule has 23 heavy (non-hydrogen) atoms. The molecular weight excluding hydrogens is 286 g/mol. The first kappa shape index (κ1) is 18.0. The first-order chi connectivity index (χ1) is 11.1. The molecule has 3 heteroatoms. The van der Waals surface area contributed by atoms with Crippen molar-refractivity contribution in [3.8, 4) is 0 Å². The maximum absolute atomic E-state index is 11.7. The summed E-state index contributed by atoms with van der Waals surface area (Å²) in [6, 6.07) is 7.22. The van der Waals surface area contributed by atoms with Gasteiger partial charge in [-0.05, 0) is 68.8 Å². The van der Waals surface area contributed by atoms with E-state index in [1.165, 1.54) is 50.6 Å². The minimum Gasteiger partial charge on any atom is -0.469 e. The van der Waals surface area contributed by atoms with Gasteiger partial charge in [-0.25, -0.2) is 0 Å². The molecule has 2 unspecified atom stereocenters. The summed E-state index contributed by atoms with van der Waals surface area (Å²) < 4.78 is 4.87. The molecule has 3 nitrogen and oxygen atoms in total. The van der Waals surface area contributed by atoms with Crippen molar-refractivity contribution in [3.05, 3.63) is 34.9 Å². The van der Waals surface area contributed by atoms with Crippen LogP contribution in [0.25, 0.3) is 0 Å². The minimum atomic E-state index is -0.181. The van der Waals surface area contributed by atoms with Gasteiger partial charge in [0.2, 0.25) is 0 Å². The van der Waals surface area contributed by atoms with Gasteiger partial charge < -0.3 is 9.64 Å². The van der Waals surface area contributed by atoms with Gasteiger partial charge in [0.1, 0.15) is 0 Å². The molecule has 1 aliphatic carbocycles. The van der Waals surface area contributed by atoms with E-state index in [1.54, 1.807) is 0 Å². The van der Waals surface area contributed by atoms with E-state index in [4.69, 9.17) is 4.74 Å². The first-order valence-corrected chi connectivity index (χ1v) is 9.04. The Bertz CT molecular complexity index is 520. The zero-order valence-electron chi connectivity index (χ0n) is 15.1. The summed E-state index contributed by atoms with van der Waals surface area (Å²) in [5, 5.41) is 0. The summed E-state index contributed by atoms with van der Waals surface area (Å²) in [5.41, 5.74) is 3.95. The van der Waals surface area contributed by atoms with Gasteiger partial charge >= 0.3 is 5.97 Å². The molecule has 1 aromatic carbocycles. The van der Waals surface area contributed by atoms with Crippen molar-refractivity contribution in [3.63, 3.8) is 0 Å². The molecular formula is C20H31NO2. The Labute approximate surface area is 141 Å². The molecule has 0 saturated carbocycles. The van der Waals surface area contributed by atoms with Crippen molar-refractivity contribution in [1.82, 2.24) is 4.90 Å². The fourth-order valence-corrected chi connectivity index (χ4v) is 3.70. The topological polar surface area (TPSA) is 29.5 Å². The van der Waals surface area contributed by atoms with Crippen LogP contribution in [0.5, 0.6) is 0 Å². The normalized spacial score (nSPS) is 18.6. The van der Waals surface area contributed by atoms with Gasteiger partial charge in [-0.3, -0.25) is 4.79 Å². The average Bonchev–Trinajstić information content (AvgIpc) is 2.59. The number of benzene rings is 1. The number of rotatable bonds is 7. The Hall–Kier alpha value is -1.35. The van der Waals surface area contributed by atoms with Crippen LogP contribution in [0.3, 0.4) is 0 Å². The molecule has 0 aliphatic heterocycles. The number of carbonyl (C=O) groups is 1. The fraction of sp³-hybridized carbons (Fsp3) is 0.650. The molecule has 2 atom stereocenters. The molecule has 0 aromatic heterocycles. The number of hydrogen-bond donors (Lipinski definition) is 0. The first-order valence-electron chi connectivity index (χ1n) is 9.04. The number of nitrogens with zero attached hydrogens (tertiary/aromatic N) is 1. The number of methoxy groups -OCH3 is 1. The maximum Gasteiger partial charge on any atom is 0.312 e. The Balaban J connectivity index is 2.11. The van der Waals surface area contributed by atoms with Crippen LogP contribution in [0.15, 0.2) is 18.2 Å². The predicted octanol–water partition coefficient (Wildman–Crippen LogP) is 3.94. The zero-order chi connectivity index (χ0) is 16.8. The molecule has 0 spiro atoms. The van der Waals surface area contributed by atoms with Crippen molar-refractivity contribution in [1.29, 1.82) is 0 Å². The quantitative estimate of drug-likeness (QED) is 0.713. The molecule has 0 heterocycles. The molecule has 1 aliphatic rings. The van der Waals surface area contributed by atoms with E-state index in [2.05, 4.69) is 36.9 Å². The summed E-state index contributed by atoms with van der Waals surface area (Å²) in [4.78, 5) is 14.4. The highest BCUT2D eigenvalue weighted by atomic mass is 16.5. The number of aryl methyl sites for hydroxylation is 1. The van der Waals surface area contributed by atoms with E-state index >= 15 is 0 Å². The van der Waals surface area contributed by atoms with Crippen molar-refractivity contribution in [2.75, 3.05) is 20.2 Å². The highest BCUT2D eigenvalue weighted by Gasteiger charge is 2.25. The van der Waals surface area contributed by atoms with E-state index in [9.17, 15) is 4.79 Å². The van der Waals surface area contributed by atoms with Crippen LogP contribution in [0.1, 0.15) is 62.6 Å². The van der Waals surface area contributed by atoms with Crippen LogP contribution in [-0.4, -0.2) is 37.1 Å². The van der Waals surface area contributed by atoms with Crippen LogP contribution < -0.4 is 0 Å². The summed E-state index contributed by atoms with van der Waals surface area (Å²) in [7, 11) is 1.46. The van der Waals surface area contributed by atoms with Gasteiger partial charge in [-0.1, -0.05) is 32.0 Å². The second kappa shape index (κ2) is 8.49. The highest BCUT2D eigenvalue weighted by molar-refractivity contribution is 5.77. The number of carbonyl (C=O) groups excluding carboxylic acids is 1. The van der Waals surface area contributed by atoms with Gasteiger partial charge in [0.25, 0.3) is 0 Å². The van der Waals surface area contributed by atoms with E-state index in [0.717, 1.165) is 18.4 Å². The lowest BCUT2D eigenvalue weighted by Crippen LogP contribution is -2.40. The minimum absolute atomic E-state index is 0.157. The Morgan fingerprint density at radius 1 is 1.26 bits per heavy atom. The lowest BCUT2D eigenvalue weighted by molar-refractivity contribution is -0.141. The smallest absolute Gasteiger partial charge is 0.312 e. The van der Waals surface area contributed by atoms with Crippen molar-refractivity contribution < 1.29 is 9.53 Å². The predicted molar refractivity (Wildman–Crippen MR) is 94.8 cm³/mol. The number of ether oxygens (including phenoxy) is 1. The van der Waals surface area contributed by atoms with Gasteiger partial charge in [-0.2, -0.15) is 0 Å². The molecule has 1 aromatic rings. The molecule has 0 saturated heterocycles. The van der Waals surface area contributed by atoms with Crippen LogP contribution in [0.4, 0.5) is 0 Å². The SMILES string of the molecule is CCCN(CCC)C1CCc2cc(C(C)C(=O)OC)ccc2C1. The summed E-state index contributed by atoms with van der Waals surface area (Å²) in [6.45, 7) is 8.85. The highest BCUT2D eigenvalue weighted by Crippen LogP contribution is 2.28. The largest absolute Gasteiger partial charge is 0.469 e. The van der Waals surface area contributed by atoms with Crippen molar-refractivity contribution in [2.45, 2.75) is 64.8 Å². The van der Waals surface area contributed by atoms with Gasteiger partial charge in [0.05, 0.1) is 13.0 Å². The van der Waals surface area contributed by atoms with Gasteiger partial charge in [0, 0.05) is 6.04 Å². The second-order valence-corrected chi connectivity index (χ2v) is 6.71. The molecule has 0 bridgehead atoms. The molecule has 128 valence electrons. The third-order valence-corrected chi connectivity index (χ3v) is 5.03. The van der Waals surface area contributed by atoms with Gasteiger partial charge in [-0.15, -0.1) is 0 Å². The number of esters is 1. The third-order valence-electron chi connectivity index (χ3n) is 5.03. The zero-order valence-corrected chi connectivity index (χ0v) is 15.1. The summed E-state index contributed by atoms with van der Waals surface area (Å²) in [6.07, 6.45) is 5.93. The van der Waals surface area contributed by atoms with Gasteiger partial charge in [0.15, 0.2) is 0 Å².